The van der Waals surface area contributed by atoms with E-state index < -0.39 is 45.0 Å². The Hall–Kier alpha value is -4.11. The molecular formula is C25H16F6N2O5S2. The number of benzene rings is 3. The van der Waals surface area contributed by atoms with Crippen molar-refractivity contribution in [3.05, 3.63) is 83.8 Å². The zero-order valence-corrected chi connectivity index (χ0v) is 21.6. The van der Waals surface area contributed by atoms with Crippen molar-refractivity contribution in [2.45, 2.75) is 16.3 Å². The summed E-state index contributed by atoms with van der Waals surface area (Å²) in [6.07, 6.45) is -4.66. The second kappa shape index (κ2) is 10.5. The van der Waals surface area contributed by atoms with Gasteiger partial charge in [0.15, 0.2) is 4.21 Å². The Labute approximate surface area is 226 Å². The first-order valence-corrected chi connectivity index (χ1v) is 13.2. The zero-order valence-electron chi connectivity index (χ0n) is 20.0. The molecule has 0 radical (unpaired) electrons. The van der Waals surface area contributed by atoms with Crippen molar-refractivity contribution in [2.75, 3.05) is 11.8 Å². The lowest BCUT2D eigenvalue weighted by atomic mass is 10.0. The molecule has 0 saturated heterocycles. The molecule has 0 fully saturated rings. The number of hydrogen-bond acceptors (Lipinski definition) is 6. The third-order valence-electron chi connectivity index (χ3n) is 5.58. The molecule has 3 aromatic carbocycles. The fraction of sp³-hybridized carbons (Fsp3) is 0.120. The van der Waals surface area contributed by atoms with Crippen LogP contribution in [0.2, 0.25) is 0 Å². The molecule has 1 aromatic heterocycles. The van der Waals surface area contributed by atoms with E-state index in [-0.39, 0.29) is 20.7 Å². The first kappa shape index (κ1) is 28.9. The number of carboxylic acid groups (broad SMARTS) is 1. The van der Waals surface area contributed by atoms with Gasteiger partial charge in [-0.3, -0.25) is 4.72 Å². The highest BCUT2D eigenvalue weighted by molar-refractivity contribution is 7.94. The van der Waals surface area contributed by atoms with Gasteiger partial charge >= 0.3 is 18.1 Å². The number of aromatic nitrogens is 1. The lowest BCUT2D eigenvalue weighted by molar-refractivity contribution is -0.289. The van der Waals surface area contributed by atoms with E-state index in [2.05, 4.69) is 9.71 Å². The number of aromatic carboxylic acids is 1. The van der Waals surface area contributed by atoms with Gasteiger partial charge < -0.3 is 9.84 Å². The number of ether oxygens (including phenoxy) is 1. The first-order chi connectivity index (χ1) is 18.6. The molecule has 0 amide bonds. The smallest absolute Gasteiger partial charge is 0.458 e. The summed E-state index contributed by atoms with van der Waals surface area (Å²) in [5.41, 5.74) is -0.888. The van der Waals surface area contributed by atoms with Crippen LogP contribution in [0.25, 0.3) is 21.7 Å². The number of carbonyl (C=O) groups is 1. The minimum absolute atomic E-state index is 0.224. The van der Waals surface area contributed by atoms with Crippen LogP contribution in [-0.2, 0) is 15.9 Å². The zero-order chi connectivity index (χ0) is 29.5. The van der Waals surface area contributed by atoms with Gasteiger partial charge in [-0.15, -0.1) is 11.3 Å². The molecule has 2 N–H and O–H groups in total. The van der Waals surface area contributed by atoms with E-state index in [1.807, 2.05) is 0 Å². The van der Waals surface area contributed by atoms with Crippen molar-refractivity contribution in [2.24, 2.45) is 0 Å². The van der Waals surface area contributed by atoms with Crippen molar-refractivity contribution in [3.63, 3.8) is 0 Å². The van der Waals surface area contributed by atoms with Crippen LogP contribution in [0.5, 0.6) is 5.75 Å². The van der Waals surface area contributed by atoms with Gasteiger partial charge in [0.05, 0.1) is 24.6 Å². The Morgan fingerprint density at radius 1 is 0.950 bits per heavy atom. The van der Waals surface area contributed by atoms with E-state index in [0.29, 0.717) is 34.9 Å². The van der Waals surface area contributed by atoms with Crippen molar-refractivity contribution in [1.82, 2.24) is 4.98 Å². The van der Waals surface area contributed by atoms with E-state index in [0.717, 1.165) is 42.8 Å². The average molecular weight is 603 g/mol. The molecule has 210 valence electrons. The Morgan fingerprint density at radius 2 is 1.50 bits per heavy atom. The number of carboxylic acids is 1. The van der Waals surface area contributed by atoms with Crippen LogP contribution >= 0.6 is 11.3 Å². The predicted octanol–water partition coefficient (Wildman–Crippen LogP) is 6.78. The lowest BCUT2D eigenvalue weighted by Crippen LogP contribution is -2.33. The van der Waals surface area contributed by atoms with E-state index in [9.17, 15) is 39.6 Å². The molecule has 40 heavy (non-hydrogen) atoms. The molecular weight excluding hydrogens is 586 g/mol. The third-order valence-corrected chi connectivity index (χ3v) is 8.45. The van der Waals surface area contributed by atoms with Crippen LogP contribution in [0, 0.1) is 5.82 Å². The van der Waals surface area contributed by atoms with Gasteiger partial charge in [0.2, 0.25) is 0 Å². The van der Waals surface area contributed by atoms with Crippen molar-refractivity contribution < 1.29 is 49.4 Å². The number of hydrogen-bond donors (Lipinski definition) is 2. The average Bonchev–Trinajstić information content (AvgIpc) is 3.40. The first-order valence-electron chi connectivity index (χ1n) is 10.9. The molecule has 15 heteroatoms. The van der Waals surface area contributed by atoms with Gasteiger partial charge in [-0.25, -0.2) is 22.6 Å². The summed E-state index contributed by atoms with van der Waals surface area (Å²) >= 11 is 0.766. The highest BCUT2D eigenvalue weighted by atomic mass is 32.2. The summed E-state index contributed by atoms with van der Waals surface area (Å²) in [7, 11) is -3.14. The molecule has 0 unspecified atom stereocenters. The Morgan fingerprint density at radius 3 is 2.02 bits per heavy atom. The maximum Gasteiger partial charge on any atom is 0.458 e. The highest BCUT2D eigenvalue weighted by Crippen LogP contribution is 2.44. The SMILES string of the molecule is COc1cc(C(=O)O)c(F)cc1NS(=O)(=O)c1cnc(-c2ccc(-c3ccc(C(F)(F)C(F)(F)F)cc3)cc2)s1. The summed E-state index contributed by atoms with van der Waals surface area (Å²) in [6.45, 7) is 0. The van der Waals surface area contributed by atoms with Crippen LogP contribution in [0.4, 0.5) is 32.0 Å². The van der Waals surface area contributed by atoms with Crippen molar-refractivity contribution >= 4 is 33.0 Å². The minimum atomic E-state index is -5.72. The molecule has 7 nitrogen and oxygen atoms in total. The third kappa shape index (κ3) is 5.60. The molecule has 1 heterocycles. The largest absolute Gasteiger partial charge is 0.495 e. The summed E-state index contributed by atoms with van der Waals surface area (Å²) in [5, 5.41) is 9.31. The van der Waals surface area contributed by atoms with Crippen LogP contribution in [-0.4, -0.2) is 37.8 Å². The molecule has 0 spiro atoms. The monoisotopic (exact) mass is 602 g/mol. The summed E-state index contributed by atoms with van der Waals surface area (Å²) in [5.74, 6) is -7.96. The Balaban J connectivity index is 1.54. The van der Waals surface area contributed by atoms with Gasteiger partial charge in [0.25, 0.3) is 10.0 Å². The van der Waals surface area contributed by atoms with E-state index in [1.165, 1.54) is 0 Å². The normalized spacial score (nSPS) is 12.3. The fourth-order valence-electron chi connectivity index (χ4n) is 3.52. The van der Waals surface area contributed by atoms with Gasteiger partial charge in [-0.2, -0.15) is 22.0 Å². The van der Waals surface area contributed by atoms with Gasteiger partial charge in [0, 0.05) is 17.2 Å². The second-order valence-corrected chi connectivity index (χ2v) is 11.1. The van der Waals surface area contributed by atoms with Gasteiger partial charge in [0.1, 0.15) is 16.6 Å². The summed E-state index contributed by atoms with van der Waals surface area (Å²) in [4.78, 5) is 15.2. The predicted molar refractivity (Wildman–Crippen MR) is 134 cm³/mol. The molecule has 4 aromatic rings. The molecule has 0 bridgehead atoms. The van der Waals surface area contributed by atoms with Crippen LogP contribution in [0.1, 0.15) is 15.9 Å². The second-order valence-electron chi connectivity index (χ2n) is 8.15. The van der Waals surface area contributed by atoms with Crippen LogP contribution < -0.4 is 9.46 Å². The quantitative estimate of drug-likeness (QED) is 0.216. The van der Waals surface area contributed by atoms with Gasteiger partial charge in [-0.1, -0.05) is 48.5 Å². The standard InChI is InChI=1S/C25H16F6N2O5S2/c1-38-20-10-17(23(34)35)18(26)11-19(20)33-40(36,37)21-12-32-22(39-21)15-4-2-13(3-5-15)14-6-8-16(9-7-14)24(27,28)25(29,30)31/h2-12,33H,1H3,(H,34,35). The van der Waals surface area contributed by atoms with Gasteiger partial charge in [-0.05, 0) is 17.2 Å². The van der Waals surface area contributed by atoms with E-state index in [1.54, 1.807) is 24.3 Å². The number of rotatable bonds is 8. The molecule has 0 saturated carbocycles. The number of halogens is 6. The minimum Gasteiger partial charge on any atom is -0.495 e. The lowest BCUT2D eigenvalue weighted by Gasteiger charge is -2.20. The number of sulfonamides is 1. The van der Waals surface area contributed by atoms with Crippen LogP contribution in [0.3, 0.4) is 0 Å². The number of alkyl halides is 5. The Bertz CT molecular complexity index is 1670. The van der Waals surface area contributed by atoms with Crippen molar-refractivity contribution in [1.29, 1.82) is 0 Å². The molecule has 0 atom stereocenters. The number of anilines is 1. The highest BCUT2D eigenvalue weighted by Gasteiger charge is 2.58. The molecule has 0 aliphatic heterocycles. The number of nitrogens with one attached hydrogen (secondary N) is 1. The number of nitrogens with zero attached hydrogens (tertiary/aromatic N) is 1. The number of thiazole rings is 1. The maximum atomic E-state index is 14.1. The van der Waals surface area contributed by atoms with E-state index in [4.69, 9.17) is 9.84 Å². The molecule has 0 aliphatic rings. The maximum absolute atomic E-state index is 14.1. The Kier molecular flexibility index (Phi) is 7.56. The summed E-state index contributed by atoms with van der Waals surface area (Å²) in [6, 6.07) is 11.4. The van der Waals surface area contributed by atoms with E-state index >= 15 is 0 Å². The molecule has 4 rings (SSSR count). The molecule has 0 aliphatic carbocycles. The number of methoxy groups -OCH3 is 1. The fourth-order valence-corrected chi connectivity index (χ4v) is 5.72. The summed E-state index contributed by atoms with van der Waals surface area (Å²) < 4.78 is 112. The topological polar surface area (TPSA) is 106 Å². The van der Waals surface area contributed by atoms with Crippen LogP contribution in [0.15, 0.2) is 71.1 Å². The van der Waals surface area contributed by atoms with Crippen molar-refractivity contribution in [3.8, 4) is 27.4 Å².